The third-order valence-electron chi connectivity index (χ3n) is 3.70. The van der Waals surface area contributed by atoms with Crippen LogP contribution < -0.4 is 10.1 Å². The molecule has 3 aromatic rings. The smallest absolute Gasteiger partial charge is 0.236 e. The standard InChI is InChI=1S/C18H17BrClN5O2S/c1-11-3-5-13(20)14(7-11)27-9-16-23-24-18(25(16)2)28-10-17(26)22-15-6-4-12(19)8-21-15/h3-8H,9-10H2,1-2H3,(H,21,22,26). The van der Waals surface area contributed by atoms with Gasteiger partial charge in [0.1, 0.15) is 18.2 Å². The van der Waals surface area contributed by atoms with Gasteiger partial charge in [-0.1, -0.05) is 29.4 Å². The lowest BCUT2D eigenvalue weighted by atomic mass is 10.2. The van der Waals surface area contributed by atoms with Gasteiger partial charge in [-0.3, -0.25) is 4.79 Å². The van der Waals surface area contributed by atoms with Gasteiger partial charge in [0.25, 0.3) is 0 Å². The lowest BCUT2D eigenvalue weighted by Crippen LogP contribution is -2.15. The van der Waals surface area contributed by atoms with Gasteiger partial charge in [-0.15, -0.1) is 10.2 Å². The quantitative estimate of drug-likeness (QED) is 0.507. The minimum atomic E-state index is -0.174. The largest absolute Gasteiger partial charge is 0.484 e. The van der Waals surface area contributed by atoms with Crippen molar-refractivity contribution in [2.24, 2.45) is 7.05 Å². The Morgan fingerprint density at radius 1 is 1.32 bits per heavy atom. The summed E-state index contributed by atoms with van der Waals surface area (Å²) in [5, 5.41) is 12.1. The first kappa shape index (κ1) is 20.6. The van der Waals surface area contributed by atoms with Crippen LogP contribution in [-0.2, 0) is 18.4 Å². The molecule has 2 heterocycles. The molecule has 0 saturated carbocycles. The lowest BCUT2D eigenvalue weighted by Gasteiger charge is -2.09. The van der Waals surface area contributed by atoms with Crippen molar-refractivity contribution in [3.63, 3.8) is 0 Å². The van der Waals surface area contributed by atoms with E-state index in [2.05, 4.69) is 36.4 Å². The van der Waals surface area contributed by atoms with Crippen molar-refractivity contribution >= 4 is 51.0 Å². The maximum Gasteiger partial charge on any atom is 0.236 e. The third kappa shape index (κ3) is 5.46. The molecular formula is C18H17BrClN5O2S. The Kier molecular flexibility index (Phi) is 6.93. The highest BCUT2D eigenvalue weighted by Gasteiger charge is 2.13. The van der Waals surface area contributed by atoms with Gasteiger partial charge >= 0.3 is 0 Å². The van der Waals surface area contributed by atoms with Crippen LogP contribution in [0.2, 0.25) is 5.02 Å². The zero-order valence-electron chi connectivity index (χ0n) is 15.1. The molecule has 0 aliphatic carbocycles. The predicted molar refractivity (Wildman–Crippen MR) is 113 cm³/mol. The van der Waals surface area contributed by atoms with Crippen molar-refractivity contribution in [1.29, 1.82) is 0 Å². The first-order chi connectivity index (χ1) is 13.4. The fourth-order valence-electron chi connectivity index (χ4n) is 2.22. The fourth-order valence-corrected chi connectivity index (χ4v) is 3.36. The van der Waals surface area contributed by atoms with E-state index in [0.717, 1.165) is 10.0 Å². The molecule has 0 aliphatic heterocycles. The number of nitrogens with zero attached hydrogens (tertiary/aromatic N) is 4. The molecule has 0 aliphatic rings. The Morgan fingerprint density at radius 3 is 2.89 bits per heavy atom. The Balaban J connectivity index is 1.54. The highest BCUT2D eigenvalue weighted by molar-refractivity contribution is 9.10. The van der Waals surface area contributed by atoms with Crippen LogP contribution in [0.3, 0.4) is 0 Å². The van der Waals surface area contributed by atoms with Crippen molar-refractivity contribution in [2.75, 3.05) is 11.1 Å². The van der Waals surface area contributed by atoms with E-state index >= 15 is 0 Å². The molecule has 1 N–H and O–H groups in total. The van der Waals surface area contributed by atoms with Crippen LogP contribution >= 0.6 is 39.3 Å². The Labute approximate surface area is 180 Å². The third-order valence-corrected chi connectivity index (χ3v) is 5.50. The van der Waals surface area contributed by atoms with Crippen molar-refractivity contribution in [3.8, 4) is 5.75 Å². The van der Waals surface area contributed by atoms with E-state index in [-0.39, 0.29) is 18.3 Å². The fraction of sp³-hybridized carbons (Fsp3) is 0.222. The van der Waals surface area contributed by atoms with Crippen LogP contribution in [0, 0.1) is 6.92 Å². The van der Waals surface area contributed by atoms with E-state index in [1.165, 1.54) is 11.8 Å². The van der Waals surface area contributed by atoms with Gasteiger partial charge in [0.2, 0.25) is 5.91 Å². The number of nitrogens with one attached hydrogen (secondary N) is 1. The number of amides is 1. The summed E-state index contributed by atoms with van der Waals surface area (Å²) in [6.07, 6.45) is 1.62. The molecule has 10 heteroatoms. The summed E-state index contributed by atoms with van der Waals surface area (Å²) in [6, 6.07) is 9.12. The summed E-state index contributed by atoms with van der Waals surface area (Å²) < 4.78 is 8.40. The first-order valence-electron chi connectivity index (χ1n) is 8.24. The van der Waals surface area contributed by atoms with Gasteiger partial charge in [-0.2, -0.15) is 0 Å². The van der Waals surface area contributed by atoms with E-state index in [9.17, 15) is 4.79 Å². The molecule has 0 spiro atoms. The normalized spacial score (nSPS) is 10.7. The number of ether oxygens (including phenoxy) is 1. The summed E-state index contributed by atoms with van der Waals surface area (Å²) in [5.74, 6) is 1.74. The van der Waals surface area contributed by atoms with Crippen LogP contribution in [0.4, 0.5) is 5.82 Å². The summed E-state index contributed by atoms with van der Waals surface area (Å²) in [4.78, 5) is 16.2. The number of carbonyl (C=O) groups is 1. The van der Waals surface area contributed by atoms with Crippen LogP contribution in [0.15, 0.2) is 46.2 Å². The maximum atomic E-state index is 12.1. The van der Waals surface area contributed by atoms with Gasteiger partial charge < -0.3 is 14.6 Å². The van der Waals surface area contributed by atoms with Gasteiger partial charge in [-0.05, 0) is 52.7 Å². The topological polar surface area (TPSA) is 81.9 Å². The van der Waals surface area contributed by atoms with E-state index in [1.807, 2.05) is 32.2 Å². The van der Waals surface area contributed by atoms with Crippen LogP contribution in [0.25, 0.3) is 0 Å². The van der Waals surface area contributed by atoms with Gasteiger partial charge in [0, 0.05) is 17.7 Å². The molecule has 0 fully saturated rings. The minimum absolute atomic E-state index is 0.174. The van der Waals surface area contributed by atoms with E-state index in [4.69, 9.17) is 16.3 Å². The molecule has 0 unspecified atom stereocenters. The van der Waals surface area contributed by atoms with Gasteiger partial charge in [-0.25, -0.2) is 4.98 Å². The van der Waals surface area contributed by atoms with Crippen LogP contribution in [0.1, 0.15) is 11.4 Å². The van der Waals surface area contributed by atoms with Crippen molar-refractivity contribution in [2.45, 2.75) is 18.7 Å². The van der Waals surface area contributed by atoms with Crippen LogP contribution in [-0.4, -0.2) is 31.4 Å². The van der Waals surface area contributed by atoms with E-state index in [0.29, 0.717) is 27.6 Å². The number of hydrogen-bond donors (Lipinski definition) is 1. The molecule has 3 rings (SSSR count). The summed E-state index contributed by atoms with van der Waals surface area (Å²) in [7, 11) is 1.83. The second-order valence-corrected chi connectivity index (χ2v) is 8.14. The monoisotopic (exact) mass is 481 g/mol. The highest BCUT2D eigenvalue weighted by Crippen LogP contribution is 2.26. The molecule has 0 saturated heterocycles. The second kappa shape index (κ2) is 9.40. The molecule has 28 heavy (non-hydrogen) atoms. The molecular weight excluding hydrogens is 466 g/mol. The zero-order chi connectivity index (χ0) is 20.1. The molecule has 2 aromatic heterocycles. The molecule has 7 nitrogen and oxygen atoms in total. The van der Waals surface area contributed by atoms with Crippen molar-refractivity contribution in [1.82, 2.24) is 19.7 Å². The van der Waals surface area contributed by atoms with Crippen molar-refractivity contribution in [3.05, 3.63) is 57.4 Å². The summed E-state index contributed by atoms with van der Waals surface area (Å²) in [5.41, 5.74) is 1.06. The Bertz CT molecular complexity index is 981. The number of thioether (sulfide) groups is 1. The Morgan fingerprint density at radius 2 is 2.14 bits per heavy atom. The molecule has 1 amide bonds. The average molecular weight is 483 g/mol. The SMILES string of the molecule is Cc1ccc(Cl)c(OCc2nnc(SCC(=O)Nc3ccc(Br)cn3)n2C)c1. The van der Waals surface area contributed by atoms with Crippen LogP contribution in [0.5, 0.6) is 5.75 Å². The molecule has 1 aromatic carbocycles. The number of pyridine rings is 1. The highest BCUT2D eigenvalue weighted by atomic mass is 79.9. The molecule has 0 atom stereocenters. The van der Waals surface area contributed by atoms with E-state index < -0.39 is 0 Å². The Hall–Kier alpha value is -2.10. The maximum absolute atomic E-state index is 12.1. The van der Waals surface area contributed by atoms with Crippen molar-refractivity contribution < 1.29 is 9.53 Å². The van der Waals surface area contributed by atoms with Gasteiger partial charge in [0.05, 0.1) is 10.8 Å². The minimum Gasteiger partial charge on any atom is -0.484 e. The average Bonchev–Trinajstić information content (AvgIpc) is 3.02. The molecule has 146 valence electrons. The number of carbonyl (C=O) groups excluding carboxylic acids is 1. The first-order valence-corrected chi connectivity index (χ1v) is 10.4. The predicted octanol–water partition coefficient (Wildman–Crippen LogP) is 4.24. The lowest BCUT2D eigenvalue weighted by molar-refractivity contribution is -0.113. The molecule has 0 bridgehead atoms. The summed E-state index contributed by atoms with van der Waals surface area (Å²) in [6.45, 7) is 2.19. The zero-order valence-corrected chi connectivity index (χ0v) is 18.3. The summed E-state index contributed by atoms with van der Waals surface area (Å²) >= 11 is 10.7. The number of aryl methyl sites for hydroxylation is 1. The number of halogens is 2. The van der Waals surface area contributed by atoms with E-state index in [1.54, 1.807) is 22.9 Å². The number of hydrogen-bond acceptors (Lipinski definition) is 6. The molecule has 0 radical (unpaired) electrons. The second-order valence-electron chi connectivity index (χ2n) is 5.88. The number of benzene rings is 1. The number of rotatable bonds is 7. The number of aromatic nitrogens is 4. The van der Waals surface area contributed by atoms with Gasteiger partial charge in [0.15, 0.2) is 11.0 Å². The number of anilines is 1.